The summed E-state index contributed by atoms with van der Waals surface area (Å²) in [6, 6.07) is -0.0314. The smallest absolute Gasteiger partial charge is 0.231 e. The minimum absolute atomic E-state index is 0.0314. The van der Waals surface area contributed by atoms with Crippen LogP contribution < -0.4 is 15.5 Å². The van der Waals surface area contributed by atoms with Crippen molar-refractivity contribution in [2.75, 3.05) is 41.8 Å². The molecule has 1 aliphatic heterocycles. The highest BCUT2D eigenvalue weighted by Crippen LogP contribution is 2.19. The molecule has 2 rings (SSSR count). The summed E-state index contributed by atoms with van der Waals surface area (Å²) in [5.74, 6) is 1.83. The van der Waals surface area contributed by atoms with Crippen molar-refractivity contribution >= 4 is 17.8 Å². The van der Waals surface area contributed by atoms with Crippen LogP contribution in [0.4, 0.5) is 17.8 Å². The molecule has 0 amide bonds. The van der Waals surface area contributed by atoms with Gasteiger partial charge < -0.3 is 20.6 Å². The minimum atomic E-state index is -0.0314. The minimum Gasteiger partial charge on any atom is -0.394 e. The van der Waals surface area contributed by atoms with Gasteiger partial charge in [0.05, 0.1) is 12.6 Å². The number of aliphatic hydroxyl groups is 1. The molecule has 3 N–H and O–H groups in total. The van der Waals surface area contributed by atoms with Gasteiger partial charge in [-0.3, -0.25) is 0 Å². The molecule has 2 heterocycles. The third-order valence-electron chi connectivity index (χ3n) is 3.64. The fourth-order valence-corrected chi connectivity index (χ4v) is 2.36. The lowest BCUT2D eigenvalue weighted by Gasteiger charge is -2.27. The van der Waals surface area contributed by atoms with Crippen LogP contribution in [0.15, 0.2) is 0 Å². The number of piperidine rings is 1. The maximum absolute atomic E-state index is 9.32. The van der Waals surface area contributed by atoms with Gasteiger partial charge in [0.2, 0.25) is 17.8 Å². The molecule has 0 aliphatic carbocycles. The molecule has 0 radical (unpaired) electrons. The second-order valence-corrected chi connectivity index (χ2v) is 5.29. The molecule has 1 aromatic heterocycles. The molecule has 21 heavy (non-hydrogen) atoms. The monoisotopic (exact) mass is 294 g/mol. The Morgan fingerprint density at radius 2 is 1.81 bits per heavy atom. The molecule has 1 fully saturated rings. The van der Waals surface area contributed by atoms with Crippen LogP contribution in [0.1, 0.15) is 39.5 Å². The Kier molecular flexibility index (Phi) is 5.98. The average molecular weight is 294 g/mol. The van der Waals surface area contributed by atoms with E-state index in [0.29, 0.717) is 11.9 Å². The molecule has 1 aromatic rings. The molecule has 1 atom stereocenters. The Labute approximate surface area is 126 Å². The lowest BCUT2D eigenvalue weighted by atomic mass is 10.1. The molecule has 1 unspecified atom stereocenters. The van der Waals surface area contributed by atoms with Crippen LogP contribution in [0, 0.1) is 0 Å². The summed E-state index contributed by atoms with van der Waals surface area (Å²) in [7, 11) is 0. The summed E-state index contributed by atoms with van der Waals surface area (Å²) in [5, 5.41) is 15.6. The van der Waals surface area contributed by atoms with E-state index < -0.39 is 0 Å². The summed E-state index contributed by atoms with van der Waals surface area (Å²) in [6.45, 7) is 6.85. The Bertz CT molecular complexity index is 431. The third kappa shape index (κ3) is 4.42. The number of aliphatic hydroxyl groups excluding tert-OH is 1. The average Bonchev–Trinajstić information content (AvgIpc) is 2.53. The van der Waals surface area contributed by atoms with E-state index in [1.165, 1.54) is 19.3 Å². The second kappa shape index (κ2) is 7.97. The Morgan fingerprint density at radius 1 is 1.10 bits per heavy atom. The number of nitrogens with zero attached hydrogens (tertiary/aromatic N) is 4. The molecule has 0 aromatic carbocycles. The highest BCUT2D eigenvalue weighted by molar-refractivity contribution is 5.44. The van der Waals surface area contributed by atoms with Gasteiger partial charge in [-0.25, -0.2) is 0 Å². The van der Waals surface area contributed by atoms with Gasteiger partial charge in [0, 0.05) is 19.6 Å². The van der Waals surface area contributed by atoms with Crippen molar-refractivity contribution in [3.8, 4) is 0 Å². The number of aromatic nitrogens is 3. The van der Waals surface area contributed by atoms with Crippen molar-refractivity contribution in [3.63, 3.8) is 0 Å². The fraction of sp³-hybridized carbons (Fsp3) is 0.786. The molecule has 1 saturated heterocycles. The van der Waals surface area contributed by atoms with Crippen LogP contribution in [-0.4, -0.2) is 52.3 Å². The Hall–Kier alpha value is -1.63. The van der Waals surface area contributed by atoms with Crippen molar-refractivity contribution in [2.24, 2.45) is 0 Å². The number of hydrogen-bond donors (Lipinski definition) is 3. The molecule has 0 bridgehead atoms. The highest BCUT2D eigenvalue weighted by atomic mass is 16.3. The number of nitrogens with one attached hydrogen (secondary N) is 2. The largest absolute Gasteiger partial charge is 0.394 e. The van der Waals surface area contributed by atoms with Crippen molar-refractivity contribution in [1.29, 1.82) is 0 Å². The Balaban J connectivity index is 2.20. The van der Waals surface area contributed by atoms with Crippen LogP contribution in [-0.2, 0) is 0 Å². The first-order valence-electron chi connectivity index (χ1n) is 7.89. The van der Waals surface area contributed by atoms with E-state index in [-0.39, 0.29) is 12.6 Å². The quantitative estimate of drug-likeness (QED) is 0.702. The molecular weight excluding hydrogens is 268 g/mol. The van der Waals surface area contributed by atoms with E-state index in [9.17, 15) is 5.11 Å². The maximum Gasteiger partial charge on any atom is 0.231 e. The van der Waals surface area contributed by atoms with E-state index >= 15 is 0 Å². The summed E-state index contributed by atoms with van der Waals surface area (Å²) in [6.07, 6.45) is 4.45. The van der Waals surface area contributed by atoms with E-state index in [1.54, 1.807) is 0 Å². The summed E-state index contributed by atoms with van der Waals surface area (Å²) in [4.78, 5) is 15.6. The summed E-state index contributed by atoms with van der Waals surface area (Å²) in [5.41, 5.74) is 0. The van der Waals surface area contributed by atoms with E-state index in [4.69, 9.17) is 0 Å². The van der Waals surface area contributed by atoms with Crippen LogP contribution >= 0.6 is 0 Å². The molecule has 0 saturated carbocycles. The topological polar surface area (TPSA) is 86.2 Å². The van der Waals surface area contributed by atoms with Crippen LogP contribution in [0.2, 0.25) is 0 Å². The molecule has 118 valence electrons. The highest BCUT2D eigenvalue weighted by Gasteiger charge is 2.17. The van der Waals surface area contributed by atoms with Crippen molar-refractivity contribution in [1.82, 2.24) is 15.0 Å². The zero-order valence-corrected chi connectivity index (χ0v) is 13.0. The number of hydrogen-bond acceptors (Lipinski definition) is 7. The predicted molar refractivity (Wildman–Crippen MR) is 84.8 cm³/mol. The van der Waals surface area contributed by atoms with Crippen molar-refractivity contribution in [3.05, 3.63) is 0 Å². The van der Waals surface area contributed by atoms with Crippen molar-refractivity contribution in [2.45, 2.75) is 45.6 Å². The van der Waals surface area contributed by atoms with Gasteiger partial charge in [-0.1, -0.05) is 6.92 Å². The molecular formula is C14H26N6O. The van der Waals surface area contributed by atoms with Crippen molar-refractivity contribution < 1.29 is 5.11 Å². The molecule has 1 aliphatic rings. The SMILES string of the molecule is CCNc1nc(NC(CC)CO)nc(N2CCCCC2)n1. The van der Waals surface area contributed by atoms with Gasteiger partial charge in [0.15, 0.2) is 0 Å². The fourth-order valence-electron chi connectivity index (χ4n) is 2.36. The first-order chi connectivity index (χ1) is 10.3. The lowest BCUT2D eigenvalue weighted by molar-refractivity contribution is 0.271. The predicted octanol–water partition coefficient (Wildman–Crippen LogP) is 1.48. The summed E-state index contributed by atoms with van der Waals surface area (Å²) < 4.78 is 0. The normalized spacial score (nSPS) is 16.6. The third-order valence-corrected chi connectivity index (χ3v) is 3.64. The van der Waals surface area contributed by atoms with E-state index in [1.807, 2.05) is 13.8 Å². The second-order valence-electron chi connectivity index (χ2n) is 5.29. The molecule has 7 nitrogen and oxygen atoms in total. The first-order valence-corrected chi connectivity index (χ1v) is 7.89. The maximum atomic E-state index is 9.32. The number of anilines is 3. The Morgan fingerprint density at radius 3 is 2.43 bits per heavy atom. The number of rotatable bonds is 7. The van der Waals surface area contributed by atoms with Gasteiger partial charge in [-0.2, -0.15) is 15.0 Å². The van der Waals surface area contributed by atoms with Gasteiger partial charge in [-0.05, 0) is 32.6 Å². The standard InChI is InChI=1S/C14H26N6O/c1-3-11(10-21)16-13-17-12(15-4-2)18-14(19-13)20-8-6-5-7-9-20/h11,21H,3-10H2,1-2H3,(H2,15,16,17,18,19). The van der Waals surface area contributed by atoms with E-state index in [0.717, 1.165) is 32.0 Å². The zero-order valence-electron chi connectivity index (χ0n) is 13.0. The van der Waals surface area contributed by atoms with E-state index in [2.05, 4.69) is 30.5 Å². The lowest BCUT2D eigenvalue weighted by Crippen LogP contribution is -2.32. The zero-order chi connectivity index (χ0) is 15.1. The van der Waals surface area contributed by atoms with Crippen LogP contribution in [0.5, 0.6) is 0 Å². The van der Waals surface area contributed by atoms with Gasteiger partial charge in [0.25, 0.3) is 0 Å². The molecule has 0 spiro atoms. The first kappa shape index (κ1) is 15.8. The van der Waals surface area contributed by atoms with Crippen LogP contribution in [0.3, 0.4) is 0 Å². The molecule has 7 heteroatoms. The van der Waals surface area contributed by atoms with Gasteiger partial charge in [0.1, 0.15) is 0 Å². The van der Waals surface area contributed by atoms with Gasteiger partial charge >= 0.3 is 0 Å². The van der Waals surface area contributed by atoms with Gasteiger partial charge in [-0.15, -0.1) is 0 Å². The van der Waals surface area contributed by atoms with Crippen LogP contribution in [0.25, 0.3) is 0 Å². The summed E-state index contributed by atoms with van der Waals surface area (Å²) >= 11 is 0.